The summed E-state index contributed by atoms with van der Waals surface area (Å²) in [7, 11) is 0. The highest BCUT2D eigenvalue weighted by atomic mass is 19.1. The Morgan fingerprint density at radius 2 is 1.91 bits per heavy atom. The van der Waals surface area contributed by atoms with Crippen molar-refractivity contribution in [2.75, 3.05) is 0 Å². The molecule has 114 valence electrons. The second-order valence-electron chi connectivity index (χ2n) is 4.91. The Kier molecular flexibility index (Phi) is 4.01. The third-order valence-corrected chi connectivity index (χ3v) is 3.43. The number of para-hydroxylation sites is 1. The third-order valence-electron chi connectivity index (χ3n) is 3.43. The summed E-state index contributed by atoms with van der Waals surface area (Å²) in [4.78, 5) is 15.3. The lowest BCUT2D eigenvalue weighted by Crippen LogP contribution is -2.18. The smallest absolute Gasteiger partial charge is 0.288 e. The zero-order valence-corrected chi connectivity index (χ0v) is 12.2. The van der Waals surface area contributed by atoms with E-state index in [1.807, 2.05) is 24.3 Å². The maximum atomic E-state index is 12.8. The van der Waals surface area contributed by atoms with Gasteiger partial charge in [-0.3, -0.25) is 4.79 Å². The van der Waals surface area contributed by atoms with Crippen molar-refractivity contribution < 1.29 is 9.18 Å². The van der Waals surface area contributed by atoms with E-state index in [0.29, 0.717) is 11.3 Å². The minimum atomic E-state index is -0.366. The largest absolute Gasteiger partial charge is 0.350 e. The molecule has 1 heterocycles. The molecule has 1 amide bonds. The maximum Gasteiger partial charge on any atom is 0.288 e. The van der Waals surface area contributed by atoms with Crippen molar-refractivity contribution in [1.29, 1.82) is 0 Å². The Labute approximate surface area is 132 Å². The Morgan fingerprint density at radius 1 is 1.17 bits per heavy atom. The number of carbonyl (C=O) groups is 1. The molecule has 0 bridgehead atoms. The van der Waals surface area contributed by atoms with Crippen LogP contribution in [0.1, 0.15) is 21.6 Å². The van der Waals surface area contributed by atoms with Crippen LogP contribution in [-0.4, -0.2) is 17.1 Å². The van der Waals surface area contributed by atoms with Gasteiger partial charge in [-0.1, -0.05) is 43.0 Å². The molecule has 0 aliphatic carbocycles. The lowest BCUT2D eigenvalue weighted by Gasteiger charge is -1.99. The number of benzene rings is 2. The number of aromatic amines is 1. The zero-order valence-electron chi connectivity index (χ0n) is 12.2. The van der Waals surface area contributed by atoms with Crippen molar-refractivity contribution in [3.05, 3.63) is 77.7 Å². The topological polar surface area (TPSA) is 57.2 Å². The van der Waals surface area contributed by atoms with E-state index in [0.717, 1.165) is 16.5 Å². The van der Waals surface area contributed by atoms with E-state index in [1.54, 1.807) is 18.2 Å². The first-order chi connectivity index (χ1) is 11.2. The molecule has 0 radical (unpaired) electrons. The summed E-state index contributed by atoms with van der Waals surface area (Å²) in [6, 6.07) is 13.4. The van der Waals surface area contributed by atoms with Gasteiger partial charge in [0.05, 0.1) is 6.21 Å². The fourth-order valence-corrected chi connectivity index (χ4v) is 2.32. The van der Waals surface area contributed by atoms with E-state index in [9.17, 15) is 9.18 Å². The van der Waals surface area contributed by atoms with Crippen LogP contribution in [0, 0.1) is 5.82 Å². The highest BCUT2D eigenvalue weighted by molar-refractivity contribution is 6.04. The van der Waals surface area contributed by atoms with Gasteiger partial charge in [0, 0.05) is 16.5 Å². The van der Waals surface area contributed by atoms with Crippen LogP contribution < -0.4 is 5.43 Å². The Morgan fingerprint density at radius 3 is 2.65 bits per heavy atom. The zero-order chi connectivity index (χ0) is 16.2. The van der Waals surface area contributed by atoms with Crippen molar-refractivity contribution in [1.82, 2.24) is 10.4 Å². The van der Waals surface area contributed by atoms with Gasteiger partial charge in [-0.2, -0.15) is 5.10 Å². The van der Waals surface area contributed by atoms with Crippen molar-refractivity contribution in [3.8, 4) is 0 Å². The van der Waals surface area contributed by atoms with Crippen LogP contribution in [-0.2, 0) is 0 Å². The van der Waals surface area contributed by atoms with Gasteiger partial charge in [0.15, 0.2) is 0 Å². The predicted octanol–water partition coefficient (Wildman–Crippen LogP) is 3.71. The molecule has 2 aromatic carbocycles. The van der Waals surface area contributed by atoms with E-state index in [2.05, 4.69) is 22.1 Å². The van der Waals surface area contributed by atoms with Crippen LogP contribution in [0.4, 0.5) is 4.39 Å². The number of aromatic nitrogens is 1. The number of hydrogen-bond acceptors (Lipinski definition) is 2. The first-order valence-electron chi connectivity index (χ1n) is 7.01. The van der Waals surface area contributed by atoms with Crippen molar-refractivity contribution in [3.63, 3.8) is 0 Å². The molecule has 3 aromatic rings. The lowest BCUT2D eigenvalue weighted by atomic mass is 10.1. The molecule has 1 aromatic heterocycles. The molecule has 23 heavy (non-hydrogen) atoms. The van der Waals surface area contributed by atoms with Crippen LogP contribution in [0.25, 0.3) is 17.0 Å². The molecular formula is C18H14FN3O. The van der Waals surface area contributed by atoms with Crippen LogP contribution in [0.2, 0.25) is 0 Å². The molecule has 5 heteroatoms. The number of fused-ring (bicyclic) bond motifs is 1. The Bertz CT molecular complexity index is 894. The van der Waals surface area contributed by atoms with Gasteiger partial charge in [-0.15, -0.1) is 0 Å². The number of halogens is 1. The van der Waals surface area contributed by atoms with Crippen LogP contribution in [0.15, 0.2) is 60.2 Å². The van der Waals surface area contributed by atoms with Gasteiger partial charge < -0.3 is 4.98 Å². The molecule has 0 saturated heterocycles. The van der Waals surface area contributed by atoms with E-state index in [4.69, 9.17) is 0 Å². The molecule has 0 saturated carbocycles. The molecule has 0 aliphatic rings. The second kappa shape index (κ2) is 6.27. The van der Waals surface area contributed by atoms with Gasteiger partial charge in [-0.25, -0.2) is 9.82 Å². The first-order valence-corrected chi connectivity index (χ1v) is 7.01. The van der Waals surface area contributed by atoms with Gasteiger partial charge in [-0.05, 0) is 23.8 Å². The summed E-state index contributed by atoms with van der Waals surface area (Å²) in [5.41, 5.74) is 5.13. The second-order valence-corrected chi connectivity index (χ2v) is 4.91. The fourth-order valence-electron chi connectivity index (χ4n) is 2.32. The molecule has 4 nitrogen and oxygen atoms in total. The highest BCUT2D eigenvalue weighted by Gasteiger charge is 2.14. The first kappa shape index (κ1) is 14.7. The van der Waals surface area contributed by atoms with E-state index in [1.165, 1.54) is 18.3 Å². The van der Waals surface area contributed by atoms with E-state index < -0.39 is 0 Å². The molecule has 2 N–H and O–H groups in total. The number of hydrogen-bond donors (Lipinski definition) is 2. The van der Waals surface area contributed by atoms with Gasteiger partial charge in [0.25, 0.3) is 5.91 Å². The molecular weight excluding hydrogens is 293 g/mol. The Balaban J connectivity index is 1.80. The van der Waals surface area contributed by atoms with Crippen LogP contribution in [0.3, 0.4) is 0 Å². The summed E-state index contributed by atoms with van der Waals surface area (Å²) in [6.07, 6.45) is 3.09. The fraction of sp³-hybridized carbons (Fsp3) is 0. The minimum Gasteiger partial charge on any atom is -0.350 e. The third kappa shape index (κ3) is 3.03. The number of nitrogens with zero attached hydrogens (tertiary/aromatic N) is 1. The van der Waals surface area contributed by atoms with Gasteiger partial charge in [0.1, 0.15) is 11.5 Å². The number of rotatable bonds is 4. The number of nitrogens with one attached hydrogen (secondary N) is 2. The molecule has 0 atom stereocenters. The van der Waals surface area contributed by atoms with Crippen molar-refractivity contribution >= 4 is 29.1 Å². The van der Waals surface area contributed by atoms with E-state index >= 15 is 0 Å². The summed E-state index contributed by atoms with van der Waals surface area (Å²) in [5, 5.41) is 4.82. The summed E-state index contributed by atoms with van der Waals surface area (Å²) in [6.45, 7) is 3.76. The molecule has 0 aliphatic heterocycles. The van der Waals surface area contributed by atoms with Gasteiger partial charge >= 0.3 is 0 Å². The van der Waals surface area contributed by atoms with Gasteiger partial charge in [0.2, 0.25) is 0 Å². The lowest BCUT2D eigenvalue weighted by molar-refractivity contribution is 0.0951. The van der Waals surface area contributed by atoms with Crippen molar-refractivity contribution in [2.24, 2.45) is 5.10 Å². The summed E-state index contributed by atoms with van der Waals surface area (Å²) >= 11 is 0. The standard InChI is InChI=1S/C18H14FN3O/c1-2-14-15-5-3-4-6-16(15)21-17(14)18(23)22-20-11-12-7-9-13(19)10-8-12/h2-11,21H,1H2,(H,22,23). The molecule has 0 spiro atoms. The van der Waals surface area contributed by atoms with Crippen LogP contribution >= 0.6 is 0 Å². The normalized spacial score (nSPS) is 11.0. The SMILES string of the molecule is C=Cc1c(C(=O)NN=Cc2ccc(F)cc2)[nH]c2ccccc12. The minimum absolute atomic E-state index is 0.320. The number of H-pyrrole nitrogens is 1. The number of carbonyl (C=O) groups excluding carboxylic acids is 1. The summed E-state index contributed by atoms with van der Waals surface area (Å²) < 4.78 is 12.8. The number of hydrazone groups is 1. The highest BCUT2D eigenvalue weighted by Crippen LogP contribution is 2.23. The van der Waals surface area contributed by atoms with Crippen LogP contribution in [0.5, 0.6) is 0 Å². The predicted molar refractivity (Wildman–Crippen MR) is 89.8 cm³/mol. The quantitative estimate of drug-likeness (QED) is 0.560. The van der Waals surface area contributed by atoms with Crippen molar-refractivity contribution in [2.45, 2.75) is 0 Å². The Hall–Kier alpha value is -3.21. The number of amides is 1. The average Bonchev–Trinajstić information content (AvgIpc) is 2.95. The summed E-state index contributed by atoms with van der Waals surface area (Å²) in [5.74, 6) is -0.686. The maximum absolute atomic E-state index is 12.8. The van der Waals surface area contributed by atoms with E-state index in [-0.39, 0.29) is 11.7 Å². The average molecular weight is 307 g/mol. The molecule has 3 rings (SSSR count). The molecule has 0 unspecified atom stereocenters. The molecule has 0 fully saturated rings. The monoisotopic (exact) mass is 307 g/mol.